The second-order valence-corrected chi connectivity index (χ2v) is 6.74. The number of nitrogens with zero attached hydrogens (tertiary/aromatic N) is 1. The van der Waals surface area contributed by atoms with Crippen LogP contribution in [-0.2, 0) is 10.0 Å². The van der Waals surface area contributed by atoms with Crippen LogP contribution in [0.15, 0.2) is 60.0 Å². The van der Waals surface area contributed by atoms with Crippen molar-refractivity contribution < 1.29 is 23.2 Å². The number of sulfonamides is 1. The summed E-state index contributed by atoms with van der Waals surface area (Å²) in [4.78, 5) is 21.7. The van der Waals surface area contributed by atoms with Crippen LogP contribution in [0, 0.1) is 10.1 Å². The molecule has 136 valence electrons. The number of benzene rings is 2. The van der Waals surface area contributed by atoms with E-state index >= 15 is 0 Å². The molecule has 1 amide bonds. The lowest BCUT2D eigenvalue weighted by Crippen LogP contribution is -2.25. The van der Waals surface area contributed by atoms with Gasteiger partial charge in [-0.2, -0.15) is 0 Å². The Labute approximate surface area is 149 Å². The van der Waals surface area contributed by atoms with Crippen molar-refractivity contribution in [2.45, 2.75) is 4.90 Å². The summed E-state index contributed by atoms with van der Waals surface area (Å²) < 4.78 is 27.3. The highest BCUT2D eigenvalue weighted by atomic mass is 32.2. The third-order valence-electron chi connectivity index (χ3n) is 3.28. The van der Waals surface area contributed by atoms with Gasteiger partial charge in [0, 0.05) is 12.6 Å². The molecule has 26 heavy (non-hydrogen) atoms. The number of hydrogen-bond donors (Lipinski definition) is 3. The van der Waals surface area contributed by atoms with Crippen LogP contribution in [-0.4, -0.2) is 30.9 Å². The third kappa shape index (κ3) is 4.16. The zero-order valence-electron chi connectivity index (χ0n) is 13.4. The van der Waals surface area contributed by atoms with Gasteiger partial charge in [-0.05, 0) is 24.3 Å². The average molecular weight is 377 g/mol. The summed E-state index contributed by atoms with van der Waals surface area (Å²) in [5.74, 6) is -1.17. The number of hydrogen-bond acceptors (Lipinski definition) is 6. The molecule has 2 rings (SSSR count). The molecule has 0 radical (unpaired) electrons. The number of anilines is 1. The van der Waals surface area contributed by atoms with E-state index in [1.54, 1.807) is 6.07 Å². The molecule has 0 aliphatic carbocycles. The van der Waals surface area contributed by atoms with Gasteiger partial charge in [-0.3, -0.25) is 19.6 Å². The van der Waals surface area contributed by atoms with Gasteiger partial charge in [-0.25, -0.2) is 8.42 Å². The van der Waals surface area contributed by atoms with Gasteiger partial charge in [0.1, 0.15) is 0 Å². The van der Waals surface area contributed by atoms with Crippen molar-refractivity contribution in [3.8, 4) is 5.75 Å². The van der Waals surface area contributed by atoms with Crippen LogP contribution in [0.3, 0.4) is 0 Å². The highest BCUT2D eigenvalue weighted by Gasteiger charge is 2.23. The molecule has 0 aromatic heterocycles. The number of phenols is 1. The van der Waals surface area contributed by atoms with Crippen molar-refractivity contribution in [2.24, 2.45) is 0 Å². The topological polar surface area (TPSA) is 139 Å². The van der Waals surface area contributed by atoms with E-state index in [4.69, 9.17) is 0 Å². The van der Waals surface area contributed by atoms with Crippen LogP contribution in [0.25, 0.3) is 0 Å². The maximum atomic E-state index is 12.5. The largest absolute Gasteiger partial charge is 0.502 e. The molecule has 0 atom stereocenters. The van der Waals surface area contributed by atoms with Crippen molar-refractivity contribution >= 4 is 27.3 Å². The lowest BCUT2D eigenvalue weighted by atomic mass is 10.1. The Morgan fingerprint density at radius 3 is 2.62 bits per heavy atom. The minimum absolute atomic E-state index is 0.00444. The molecule has 9 nitrogen and oxygen atoms in total. The van der Waals surface area contributed by atoms with E-state index in [-0.39, 0.29) is 17.8 Å². The van der Waals surface area contributed by atoms with Gasteiger partial charge in [-0.1, -0.05) is 18.2 Å². The fourth-order valence-electron chi connectivity index (χ4n) is 2.05. The van der Waals surface area contributed by atoms with E-state index < -0.39 is 37.2 Å². The second kappa shape index (κ2) is 7.66. The van der Waals surface area contributed by atoms with Crippen molar-refractivity contribution in [3.05, 3.63) is 70.8 Å². The average Bonchev–Trinajstić information content (AvgIpc) is 2.59. The Morgan fingerprint density at radius 1 is 1.27 bits per heavy atom. The Morgan fingerprint density at radius 2 is 1.96 bits per heavy atom. The van der Waals surface area contributed by atoms with Crippen molar-refractivity contribution in [2.75, 3.05) is 11.3 Å². The molecule has 0 bridgehead atoms. The summed E-state index contributed by atoms with van der Waals surface area (Å²) in [5.41, 5.74) is -0.666. The zero-order chi connectivity index (χ0) is 19.3. The standard InChI is InChI=1S/C16H15N3O6S/c1-2-9-17-16(21)12-5-3-4-6-13(12)18-26(24,25)11-7-8-15(20)14(10-11)19(22)23/h2-8,10,18,20H,1,9H2,(H,17,21). The SMILES string of the molecule is C=CCNC(=O)c1ccccc1NS(=O)(=O)c1ccc(O)c([N+](=O)[O-])c1. The maximum Gasteiger partial charge on any atom is 0.312 e. The van der Waals surface area contributed by atoms with Gasteiger partial charge in [0.05, 0.1) is 21.1 Å². The lowest BCUT2D eigenvalue weighted by molar-refractivity contribution is -0.386. The molecule has 0 heterocycles. The Bertz CT molecular complexity index is 972. The molecule has 0 fully saturated rings. The first-order chi connectivity index (χ1) is 12.3. The molecular weight excluding hydrogens is 362 g/mol. The predicted molar refractivity (Wildman–Crippen MR) is 94.5 cm³/mol. The number of amides is 1. The molecule has 0 aliphatic rings. The number of para-hydroxylation sites is 1. The second-order valence-electron chi connectivity index (χ2n) is 5.06. The third-order valence-corrected chi connectivity index (χ3v) is 4.64. The van der Waals surface area contributed by atoms with Gasteiger partial charge in [0.15, 0.2) is 5.75 Å². The van der Waals surface area contributed by atoms with Crippen molar-refractivity contribution in [1.82, 2.24) is 5.32 Å². The van der Waals surface area contributed by atoms with Crippen LogP contribution < -0.4 is 10.0 Å². The number of nitrogens with one attached hydrogen (secondary N) is 2. The summed E-state index contributed by atoms with van der Waals surface area (Å²) in [6, 6.07) is 8.57. The normalized spacial score (nSPS) is 10.8. The zero-order valence-corrected chi connectivity index (χ0v) is 14.2. The van der Waals surface area contributed by atoms with Gasteiger partial charge in [0.25, 0.3) is 15.9 Å². The molecule has 3 N–H and O–H groups in total. The van der Waals surface area contributed by atoms with E-state index in [1.807, 2.05) is 0 Å². The quantitative estimate of drug-likeness (QED) is 0.383. The lowest BCUT2D eigenvalue weighted by Gasteiger charge is -2.12. The highest BCUT2D eigenvalue weighted by molar-refractivity contribution is 7.92. The fourth-order valence-corrected chi connectivity index (χ4v) is 3.15. The van der Waals surface area contributed by atoms with E-state index in [0.29, 0.717) is 0 Å². The molecule has 0 spiro atoms. The van der Waals surface area contributed by atoms with Crippen LogP contribution >= 0.6 is 0 Å². The van der Waals surface area contributed by atoms with Gasteiger partial charge in [0.2, 0.25) is 0 Å². The van der Waals surface area contributed by atoms with E-state index in [0.717, 1.165) is 18.2 Å². The molecule has 2 aromatic carbocycles. The number of carbonyl (C=O) groups excluding carboxylic acids is 1. The number of nitro benzene ring substituents is 1. The number of rotatable bonds is 7. The smallest absolute Gasteiger partial charge is 0.312 e. The number of aromatic hydroxyl groups is 1. The first-order valence-electron chi connectivity index (χ1n) is 7.24. The number of carbonyl (C=O) groups is 1. The van der Waals surface area contributed by atoms with Crippen LogP contribution in [0.1, 0.15) is 10.4 Å². The van der Waals surface area contributed by atoms with Crippen LogP contribution in [0.5, 0.6) is 5.75 Å². The Balaban J connectivity index is 2.39. The summed E-state index contributed by atoms with van der Waals surface area (Å²) in [5, 5.41) is 22.8. The summed E-state index contributed by atoms with van der Waals surface area (Å²) in [6.07, 6.45) is 1.47. The Kier molecular flexibility index (Phi) is 5.58. The van der Waals surface area contributed by atoms with Crippen LogP contribution in [0.4, 0.5) is 11.4 Å². The molecular formula is C16H15N3O6S. The van der Waals surface area contributed by atoms with E-state index in [2.05, 4.69) is 16.6 Å². The predicted octanol–water partition coefficient (Wildman–Crippen LogP) is 2.02. The maximum absolute atomic E-state index is 12.5. The number of nitro groups is 1. The summed E-state index contributed by atoms with van der Waals surface area (Å²) in [6.45, 7) is 3.67. The van der Waals surface area contributed by atoms with E-state index in [1.165, 1.54) is 24.3 Å². The van der Waals surface area contributed by atoms with Gasteiger partial charge < -0.3 is 10.4 Å². The number of phenolic OH excluding ortho intramolecular Hbond substituents is 1. The molecule has 0 aliphatic heterocycles. The minimum atomic E-state index is -4.23. The molecule has 0 unspecified atom stereocenters. The monoisotopic (exact) mass is 377 g/mol. The first kappa shape index (κ1) is 18.9. The Hall–Kier alpha value is -3.40. The molecule has 10 heteroatoms. The summed E-state index contributed by atoms with van der Waals surface area (Å²) >= 11 is 0. The van der Waals surface area contributed by atoms with Crippen LogP contribution in [0.2, 0.25) is 0 Å². The van der Waals surface area contributed by atoms with Crippen molar-refractivity contribution in [3.63, 3.8) is 0 Å². The van der Waals surface area contributed by atoms with Crippen molar-refractivity contribution in [1.29, 1.82) is 0 Å². The fraction of sp³-hybridized carbons (Fsp3) is 0.0625. The van der Waals surface area contributed by atoms with Gasteiger partial charge >= 0.3 is 5.69 Å². The molecule has 0 saturated heterocycles. The molecule has 2 aromatic rings. The summed E-state index contributed by atoms with van der Waals surface area (Å²) in [7, 11) is -4.23. The minimum Gasteiger partial charge on any atom is -0.502 e. The highest BCUT2D eigenvalue weighted by Crippen LogP contribution is 2.29. The molecule has 0 saturated carbocycles. The van der Waals surface area contributed by atoms with E-state index in [9.17, 15) is 28.4 Å². The first-order valence-corrected chi connectivity index (χ1v) is 8.73. The van der Waals surface area contributed by atoms with Gasteiger partial charge in [-0.15, -0.1) is 6.58 Å².